The molecule has 112 valence electrons. The molecule has 1 aromatic carbocycles. The van der Waals surface area contributed by atoms with Crippen molar-refractivity contribution in [2.24, 2.45) is 5.92 Å². The van der Waals surface area contributed by atoms with Crippen LogP contribution in [0.1, 0.15) is 74.6 Å². The number of benzene rings is 1. The van der Waals surface area contributed by atoms with Gasteiger partial charge in [0.25, 0.3) is 0 Å². The summed E-state index contributed by atoms with van der Waals surface area (Å²) in [7, 11) is 0. The van der Waals surface area contributed by atoms with Crippen LogP contribution in [0.15, 0.2) is 18.2 Å². The summed E-state index contributed by atoms with van der Waals surface area (Å²) in [5.41, 5.74) is 4.32. The van der Waals surface area contributed by atoms with Crippen molar-refractivity contribution in [3.05, 3.63) is 34.9 Å². The molecule has 1 atom stereocenters. The average molecular weight is 273 g/mol. The predicted octanol–water partition coefficient (Wildman–Crippen LogP) is 5.31. The molecule has 1 aliphatic rings. The van der Waals surface area contributed by atoms with Gasteiger partial charge < -0.3 is 5.32 Å². The first kappa shape index (κ1) is 15.6. The third kappa shape index (κ3) is 4.34. The molecule has 0 bridgehead atoms. The Hall–Kier alpha value is -0.820. The minimum Gasteiger partial charge on any atom is -0.310 e. The van der Waals surface area contributed by atoms with Crippen LogP contribution in [0.5, 0.6) is 0 Å². The molecule has 0 heterocycles. The fourth-order valence-corrected chi connectivity index (χ4v) is 3.69. The van der Waals surface area contributed by atoms with Crippen molar-refractivity contribution in [1.82, 2.24) is 5.32 Å². The fourth-order valence-electron chi connectivity index (χ4n) is 3.69. The maximum Gasteiger partial charge on any atom is 0.0348 e. The van der Waals surface area contributed by atoms with E-state index in [1.165, 1.54) is 61.6 Å². The SMILES string of the molecule is CCCNC(c1cc(C)cc(C)c1)C1CCCCCC1. The normalized spacial score (nSPS) is 18.8. The summed E-state index contributed by atoms with van der Waals surface area (Å²) in [6.07, 6.45) is 9.71. The molecule has 0 saturated heterocycles. The van der Waals surface area contributed by atoms with Crippen LogP contribution in [-0.4, -0.2) is 6.54 Å². The first-order chi connectivity index (χ1) is 9.70. The van der Waals surface area contributed by atoms with Gasteiger partial charge in [-0.1, -0.05) is 61.9 Å². The van der Waals surface area contributed by atoms with Gasteiger partial charge in [-0.15, -0.1) is 0 Å². The van der Waals surface area contributed by atoms with E-state index in [9.17, 15) is 0 Å². The summed E-state index contributed by atoms with van der Waals surface area (Å²) in [6, 6.07) is 7.64. The van der Waals surface area contributed by atoms with Gasteiger partial charge in [0.05, 0.1) is 0 Å². The van der Waals surface area contributed by atoms with Crippen molar-refractivity contribution < 1.29 is 0 Å². The molecule has 0 spiro atoms. The highest BCUT2D eigenvalue weighted by Crippen LogP contribution is 2.34. The molecule has 1 saturated carbocycles. The van der Waals surface area contributed by atoms with Gasteiger partial charge in [-0.25, -0.2) is 0 Å². The lowest BCUT2D eigenvalue weighted by molar-refractivity contribution is 0.325. The van der Waals surface area contributed by atoms with Crippen molar-refractivity contribution in [1.29, 1.82) is 0 Å². The largest absolute Gasteiger partial charge is 0.310 e. The second kappa shape index (κ2) is 7.83. The third-order valence-electron chi connectivity index (χ3n) is 4.59. The van der Waals surface area contributed by atoms with Crippen molar-refractivity contribution >= 4 is 0 Å². The Bertz CT molecular complexity index is 382. The van der Waals surface area contributed by atoms with Crippen LogP contribution < -0.4 is 5.32 Å². The molecule has 1 heteroatoms. The van der Waals surface area contributed by atoms with E-state index < -0.39 is 0 Å². The van der Waals surface area contributed by atoms with E-state index >= 15 is 0 Å². The summed E-state index contributed by atoms with van der Waals surface area (Å²) >= 11 is 0. The number of hydrogen-bond acceptors (Lipinski definition) is 1. The highest BCUT2D eigenvalue weighted by Gasteiger charge is 2.23. The van der Waals surface area contributed by atoms with Gasteiger partial charge in [0, 0.05) is 6.04 Å². The minimum atomic E-state index is 0.562. The van der Waals surface area contributed by atoms with Gasteiger partial charge in [-0.05, 0) is 51.1 Å². The van der Waals surface area contributed by atoms with Gasteiger partial charge >= 0.3 is 0 Å². The van der Waals surface area contributed by atoms with E-state index in [0.29, 0.717) is 6.04 Å². The number of hydrogen-bond donors (Lipinski definition) is 1. The van der Waals surface area contributed by atoms with Crippen molar-refractivity contribution in [2.75, 3.05) is 6.54 Å². The Morgan fingerprint density at radius 2 is 1.60 bits per heavy atom. The molecular formula is C19H31N. The van der Waals surface area contributed by atoms with Crippen LogP contribution in [0.2, 0.25) is 0 Å². The zero-order valence-corrected chi connectivity index (χ0v) is 13.5. The monoisotopic (exact) mass is 273 g/mol. The van der Waals surface area contributed by atoms with E-state index in [2.05, 4.69) is 44.3 Å². The number of nitrogens with one attached hydrogen (secondary N) is 1. The van der Waals surface area contributed by atoms with E-state index in [0.717, 1.165) is 12.5 Å². The lowest BCUT2D eigenvalue weighted by Crippen LogP contribution is -2.29. The van der Waals surface area contributed by atoms with E-state index in [1.807, 2.05) is 0 Å². The molecule has 1 aromatic rings. The number of rotatable bonds is 5. The maximum atomic E-state index is 3.84. The molecule has 0 aromatic heterocycles. The summed E-state index contributed by atoms with van der Waals surface area (Å²) in [4.78, 5) is 0. The first-order valence-electron chi connectivity index (χ1n) is 8.52. The summed E-state index contributed by atoms with van der Waals surface area (Å²) in [5.74, 6) is 0.824. The van der Waals surface area contributed by atoms with Crippen LogP contribution >= 0.6 is 0 Å². The molecule has 2 rings (SSSR count). The van der Waals surface area contributed by atoms with Crippen LogP contribution in [0.25, 0.3) is 0 Å². The number of aryl methyl sites for hydroxylation is 2. The molecule has 0 aliphatic heterocycles. The Balaban J connectivity index is 2.20. The average Bonchev–Trinajstić information content (AvgIpc) is 2.67. The topological polar surface area (TPSA) is 12.0 Å². The maximum absolute atomic E-state index is 3.84. The smallest absolute Gasteiger partial charge is 0.0348 e. The molecule has 1 fully saturated rings. The van der Waals surface area contributed by atoms with Crippen LogP contribution in [0, 0.1) is 19.8 Å². The Kier molecular flexibility index (Phi) is 6.09. The molecule has 1 nitrogen and oxygen atoms in total. The Morgan fingerprint density at radius 1 is 1.00 bits per heavy atom. The summed E-state index contributed by atoms with van der Waals surface area (Å²) < 4.78 is 0. The summed E-state index contributed by atoms with van der Waals surface area (Å²) in [5, 5.41) is 3.84. The van der Waals surface area contributed by atoms with Crippen molar-refractivity contribution in [3.8, 4) is 0 Å². The minimum absolute atomic E-state index is 0.562. The molecule has 1 unspecified atom stereocenters. The predicted molar refractivity (Wildman–Crippen MR) is 88.1 cm³/mol. The highest BCUT2D eigenvalue weighted by atomic mass is 14.9. The molecule has 0 radical (unpaired) electrons. The van der Waals surface area contributed by atoms with Crippen LogP contribution in [-0.2, 0) is 0 Å². The zero-order valence-electron chi connectivity index (χ0n) is 13.5. The third-order valence-corrected chi connectivity index (χ3v) is 4.59. The van der Waals surface area contributed by atoms with Crippen LogP contribution in [0.3, 0.4) is 0 Å². The lowest BCUT2D eigenvalue weighted by atomic mass is 9.86. The zero-order chi connectivity index (χ0) is 14.4. The first-order valence-corrected chi connectivity index (χ1v) is 8.52. The van der Waals surface area contributed by atoms with Crippen molar-refractivity contribution in [2.45, 2.75) is 71.8 Å². The van der Waals surface area contributed by atoms with Gasteiger partial charge in [0.15, 0.2) is 0 Å². The van der Waals surface area contributed by atoms with Gasteiger partial charge in [-0.2, -0.15) is 0 Å². The molecular weight excluding hydrogens is 242 g/mol. The second-order valence-corrected chi connectivity index (χ2v) is 6.60. The molecule has 20 heavy (non-hydrogen) atoms. The summed E-state index contributed by atoms with van der Waals surface area (Å²) in [6.45, 7) is 7.84. The lowest BCUT2D eigenvalue weighted by Gasteiger charge is -2.28. The van der Waals surface area contributed by atoms with E-state index in [1.54, 1.807) is 0 Å². The molecule has 1 N–H and O–H groups in total. The highest BCUT2D eigenvalue weighted by molar-refractivity contribution is 5.31. The van der Waals surface area contributed by atoms with Crippen LogP contribution in [0.4, 0.5) is 0 Å². The Labute approximate surface area is 125 Å². The fraction of sp³-hybridized carbons (Fsp3) is 0.684. The van der Waals surface area contributed by atoms with E-state index in [-0.39, 0.29) is 0 Å². The van der Waals surface area contributed by atoms with Gasteiger partial charge in [0.1, 0.15) is 0 Å². The van der Waals surface area contributed by atoms with Crippen molar-refractivity contribution in [3.63, 3.8) is 0 Å². The quantitative estimate of drug-likeness (QED) is 0.716. The molecule has 0 amide bonds. The molecule has 1 aliphatic carbocycles. The van der Waals surface area contributed by atoms with Gasteiger partial charge in [-0.3, -0.25) is 0 Å². The standard InChI is InChI=1S/C19H31N/c1-4-11-20-19(17-9-7-5-6-8-10-17)18-13-15(2)12-16(3)14-18/h12-14,17,19-20H,4-11H2,1-3H3. The van der Waals surface area contributed by atoms with Gasteiger partial charge in [0.2, 0.25) is 0 Å². The second-order valence-electron chi connectivity index (χ2n) is 6.60. The van der Waals surface area contributed by atoms with E-state index in [4.69, 9.17) is 0 Å². The Morgan fingerprint density at radius 3 is 2.15 bits per heavy atom.